The van der Waals surface area contributed by atoms with E-state index in [0.717, 1.165) is 14.9 Å². The topological polar surface area (TPSA) is 69.2 Å². The van der Waals surface area contributed by atoms with Gasteiger partial charge in [0.1, 0.15) is 18.2 Å². The van der Waals surface area contributed by atoms with E-state index in [1.54, 1.807) is 30.3 Å². The van der Waals surface area contributed by atoms with Gasteiger partial charge in [0.05, 0.1) is 27.9 Å². The van der Waals surface area contributed by atoms with E-state index in [1.165, 1.54) is 24.9 Å². The number of amides is 1. The van der Waals surface area contributed by atoms with Crippen molar-refractivity contribution in [1.82, 2.24) is 5.32 Å². The third-order valence-corrected chi connectivity index (χ3v) is 6.62. The summed E-state index contributed by atoms with van der Waals surface area (Å²) in [6.45, 7) is 2.59. The Hall–Kier alpha value is -3.05. The minimum absolute atomic E-state index is 0.0725. The van der Waals surface area contributed by atoms with Crippen LogP contribution in [0.3, 0.4) is 0 Å². The smallest absolute Gasteiger partial charge is 0.264 e. The summed E-state index contributed by atoms with van der Waals surface area (Å²) >= 11 is 3.39. The standard InChI is InChI=1S/C26H22FIN2O4S/c1-3-33-19-10-8-18(9-11-19)29-26-30-25(31)23(35-26)14-16-12-21(28)24(22(13-16)32-2)34-15-17-6-4-5-7-20(17)27/h4-14H,3,15H2,1-2H3,(H,29,30,31)/b23-14+. The maximum Gasteiger partial charge on any atom is 0.264 e. The fraction of sp³-hybridized carbons (Fsp3) is 0.154. The van der Waals surface area contributed by atoms with Crippen molar-refractivity contribution in [2.24, 2.45) is 4.99 Å². The molecule has 0 aromatic heterocycles. The molecule has 4 rings (SSSR count). The SMILES string of the molecule is CCOc1ccc(N=C2NC(=O)/C(=C\c3cc(I)c(OCc4ccccc4F)c(OC)c3)S2)cc1. The van der Waals surface area contributed by atoms with Gasteiger partial charge in [0.25, 0.3) is 5.91 Å². The van der Waals surface area contributed by atoms with E-state index in [2.05, 4.69) is 32.9 Å². The van der Waals surface area contributed by atoms with Gasteiger partial charge in [-0.2, -0.15) is 0 Å². The van der Waals surface area contributed by atoms with Crippen LogP contribution in [0, 0.1) is 9.39 Å². The van der Waals surface area contributed by atoms with Gasteiger partial charge in [-0.05, 0) is 95.4 Å². The molecule has 1 aliphatic heterocycles. The molecular formula is C26H22FIN2O4S. The molecule has 1 heterocycles. The molecule has 0 unspecified atom stereocenters. The van der Waals surface area contributed by atoms with Gasteiger partial charge in [0.15, 0.2) is 16.7 Å². The maximum absolute atomic E-state index is 13.9. The summed E-state index contributed by atoms with van der Waals surface area (Å²) in [6.07, 6.45) is 1.77. The van der Waals surface area contributed by atoms with E-state index in [4.69, 9.17) is 14.2 Å². The molecule has 1 amide bonds. The van der Waals surface area contributed by atoms with Crippen LogP contribution in [0.25, 0.3) is 6.08 Å². The normalized spacial score (nSPS) is 15.4. The van der Waals surface area contributed by atoms with E-state index in [-0.39, 0.29) is 18.3 Å². The van der Waals surface area contributed by atoms with E-state index in [1.807, 2.05) is 37.3 Å². The number of thioether (sulfide) groups is 1. The van der Waals surface area contributed by atoms with Gasteiger partial charge in [0, 0.05) is 5.56 Å². The molecule has 0 spiro atoms. The summed E-state index contributed by atoms with van der Waals surface area (Å²) in [5, 5.41) is 3.29. The molecule has 0 bridgehead atoms. The first-order valence-corrected chi connectivity index (χ1v) is 12.6. The molecule has 1 fully saturated rings. The Morgan fingerprint density at radius 1 is 1.11 bits per heavy atom. The molecule has 0 saturated carbocycles. The third kappa shape index (κ3) is 6.34. The average Bonchev–Trinajstić information content (AvgIpc) is 3.18. The van der Waals surface area contributed by atoms with Gasteiger partial charge in [-0.25, -0.2) is 9.38 Å². The predicted molar refractivity (Wildman–Crippen MR) is 145 cm³/mol. The second-order valence-corrected chi connectivity index (χ2v) is 9.52. The number of hydrogen-bond donors (Lipinski definition) is 1. The van der Waals surface area contributed by atoms with Crippen LogP contribution in [0.4, 0.5) is 10.1 Å². The van der Waals surface area contributed by atoms with Crippen molar-refractivity contribution in [2.75, 3.05) is 13.7 Å². The van der Waals surface area contributed by atoms with Gasteiger partial charge in [-0.3, -0.25) is 4.79 Å². The second kappa shape index (κ2) is 11.6. The van der Waals surface area contributed by atoms with E-state index in [0.29, 0.717) is 39.4 Å². The van der Waals surface area contributed by atoms with Crippen molar-refractivity contribution in [2.45, 2.75) is 13.5 Å². The number of benzene rings is 3. The van der Waals surface area contributed by atoms with Crippen LogP contribution in [0.15, 0.2) is 70.6 Å². The highest BCUT2D eigenvalue weighted by molar-refractivity contribution is 14.1. The number of carbonyl (C=O) groups is 1. The van der Waals surface area contributed by atoms with Crippen molar-refractivity contribution < 1.29 is 23.4 Å². The Balaban J connectivity index is 1.51. The van der Waals surface area contributed by atoms with Crippen molar-refractivity contribution in [3.05, 3.63) is 86.1 Å². The highest BCUT2D eigenvalue weighted by atomic mass is 127. The summed E-state index contributed by atoms with van der Waals surface area (Å²) in [4.78, 5) is 17.5. The first-order valence-electron chi connectivity index (χ1n) is 10.7. The average molecular weight is 604 g/mol. The molecule has 35 heavy (non-hydrogen) atoms. The molecule has 1 aliphatic rings. The highest BCUT2D eigenvalue weighted by Gasteiger charge is 2.24. The van der Waals surface area contributed by atoms with Crippen LogP contribution in [-0.4, -0.2) is 24.8 Å². The number of aliphatic imine (C=N–C) groups is 1. The van der Waals surface area contributed by atoms with E-state index < -0.39 is 0 Å². The lowest BCUT2D eigenvalue weighted by molar-refractivity contribution is -0.115. The Morgan fingerprint density at radius 2 is 1.89 bits per heavy atom. The first-order chi connectivity index (χ1) is 17.0. The van der Waals surface area contributed by atoms with Crippen LogP contribution < -0.4 is 19.5 Å². The zero-order chi connectivity index (χ0) is 24.8. The monoisotopic (exact) mass is 604 g/mol. The Labute approximate surface area is 220 Å². The number of halogens is 2. The number of carbonyl (C=O) groups excluding carboxylic acids is 1. The predicted octanol–water partition coefficient (Wildman–Crippen LogP) is 6.31. The van der Waals surface area contributed by atoms with Crippen LogP contribution in [0.1, 0.15) is 18.1 Å². The second-order valence-electron chi connectivity index (χ2n) is 7.32. The summed E-state index contributed by atoms with van der Waals surface area (Å²) in [5.74, 6) is 1.22. The molecule has 180 valence electrons. The Bertz CT molecular complexity index is 1300. The lowest BCUT2D eigenvalue weighted by Gasteiger charge is -2.14. The van der Waals surface area contributed by atoms with Gasteiger partial charge < -0.3 is 19.5 Å². The highest BCUT2D eigenvalue weighted by Crippen LogP contribution is 2.36. The fourth-order valence-corrected chi connectivity index (χ4v) is 4.88. The minimum atomic E-state index is -0.324. The summed E-state index contributed by atoms with van der Waals surface area (Å²) in [5.41, 5.74) is 1.93. The van der Waals surface area contributed by atoms with E-state index >= 15 is 0 Å². The number of amidine groups is 1. The number of hydrogen-bond acceptors (Lipinski definition) is 6. The molecule has 9 heteroatoms. The molecule has 3 aromatic carbocycles. The number of ether oxygens (including phenoxy) is 3. The molecule has 0 radical (unpaired) electrons. The van der Waals surface area contributed by atoms with Crippen LogP contribution in [-0.2, 0) is 11.4 Å². The number of methoxy groups -OCH3 is 1. The molecule has 1 N–H and O–H groups in total. The third-order valence-electron chi connectivity index (χ3n) is 4.91. The zero-order valence-corrected chi connectivity index (χ0v) is 22.0. The quantitative estimate of drug-likeness (QED) is 0.241. The van der Waals surface area contributed by atoms with Crippen LogP contribution >= 0.6 is 34.4 Å². The summed E-state index contributed by atoms with van der Waals surface area (Å²) < 4.78 is 31.5. The molecule has 1 saturated heterocycles. The lowest BCUT2D eigenvalue weighted by Crippen LogP contribution is -2.19. The zero-order valence-electron chi connectivity index (χ0n) is 19.0. The Morgan fingerprint density at radius 3 is 2.60 bits per heavy atom. The van der Waals surface area contributed by atoms with Crippen molar-refractivity contribution in [3.63, 3.8) is 0 Å². The minimum Gasteiger partial charge on any atom is -0.494 e. The molecular weight excluding hydrogens is 582 g/mol. The van der Waals surface area contributed by atoms with Crippen molar-refractivity contribution >= 4 is 57.2 Å². The number of nitrogens with one attached hydrogen (secondary N) is 1. The van der Waals surface area contributed by atoms with Gasteiger partial charge >= 0.3 is 0 Å². The Kier molecular flexibility index (Phi) is 8.29. The lowest BCUT2D eigenvalue weighted by atomic mass is 10.1. The van der Waals surface area contributed by atoms with Crippen molar-refractivity contribution in [1.29, 1.82) is 0 Å². The maximum atomic E-state index is 13.9. The molecule has 0 atom stereocenters. The number of nitrogens with zero attached hydrogens (tertiary/aromatic N) is 1. The van der Waals surface area contributed by atoms with E-state index in [9.17, 15) is 9.18 Å². The van der Waals surface area contributed by atoms with Gasteiger partial charge in [-0.1, -0.05) is 18.2 Å². The number of rotatable bonds is 8. The molecule has 3 aromatic rings. The van der Waals surface area contributed by atoms with Gasteiger partial charge in [0.2, 0.25) is 0 Å². The summed E-state index contributed by atoms with van der Waals surface area (Å²) in [7, 11) is 1.54. The first kappa shape index (κ1) is 25.1. The van der Waals surface area contributed by atoms with Gasteiger partial charge in [-0.15, -0.1) is 0 Å². The largest absolute Gasteiger partial charge is 0.494 e. The summed E-state index contributed by atoms with van der Waals surface area (Å²) in [6, 6.07) is 17.5. The van der Waals surface area contributed by atoms with Crippen molar-refractivity contribution in [3.8, 4) is 17.2 Å². The van der Waals surface area contributed by atoms with Crippen LogP contribution in [0.2, 0.25) is 0 Å². The molecule has 6 nitrogen and oxygen atoms in total. The molecule has 0 aliphatic carbocycles. The van der Waals surface area contributed by atoms with Crippen LogP contribution in [0.5, 0.6) is 17.2 Å². The fourth-order valence-electron chi connectivity index (χ4n) is 3.26.